The second kappa shape index (κ2) is 7.96. The summed E-state index contributed by atoms with van der Waals surface area (Å²) in [6, 6.07) is 2.40. The molecule has 0 saturated heterocycles. The third-order valence-corrected chi connectivity index (χ3v) is 6.04. The lowest BCUT2D eigenvalue weighted by atomic mass is 9.82. The minimum Gasteiger partial charge on any atom is -0.457 e. The first-order chi connectivity index (χ1) is 13.5. The van der Waals surface area contributed by atoms with E-state index in [1.54, 1.807) is 0 Å². The number of rotatable bonds is 7. The molecular weight excluding hydrogens is 368 g/mol. The number of hydrogen-bond donors (Lipinski definition) is 1. The van der Waals surface area contributed by atoms with Crippen LogP contribution in [0.15, 0.2) is 6.07 Å². The van der Waals surface area contributed by atoms with Crippen LogP contribution in [0, 0.1) is 19.3 Å². The van der Waals surface area contributed by atoms with Crippen molar-refractivity contribution < 1.29 is 19.1 Å². The van der Waals surface area contributed by atoms with Crippen LogP contribution in [0.25, 0.3) is 0 Å². The fourth-order valence-corrected chi connectivity index (χ4v) is 4.59. The lowest BCUT2D eigenvalue weighted by Crippen LogP contribution is -2.44. The van der Waals surface area contributed by atoms with Gasteiger partial charge in [-0.15, -0.1) is 0 Å². The third kappa shape index (κ3) is 4.90. The minimum absolute atomic E-state index is 0.119. The molecule has 29 heavy (non-hydrogen) atoms. The molecule has 1 N–H and O–H groups in total. The maximum Gasteiger partial charge on any atom is 0.313 e. The van der Waals surface area contributed by atoms with Gasteiger partial charge in [0, 0.05) is 35.0 Å². The molecule has 6 nitrogen and oxygen atoms in total. The quantitative estimate of drug-likeness (QED) is 0.552. The average molecular weight is 403 g/mol. The van der Waals surface area contributed by atoms with Gasteiger partial charge < -0.3 is 14.6 Å². The Balaban J connectivity index is 1.64. The van der Waals surface area contributed by atoms with Gasteiger partial charge >= 0.3 is 5.97 Å². The van der Waals surface area contributed by atoms with Gasteiger partial charge in [0.25, 0.3) is 0 Å². The number of ketones is 1. The zero-order chi connectivity index (χ0) is 21.4. The van der Waals surface area contributed by atoms with Crippen molar-refractivity contribution in [3.8, 4) is 0 Å². The second-order valence-corrected chi connectivity index (χ2v) is 9.85. The molecule has 0 atom stereocenters. The van der Waals surface area contributed by atoms with Crippen molar-refractivity contribution in [2.24, 2.45) is 5.41 Å². The molecule has 2 aliphatic carbocycles. The SMILES string of the molecule is Cc1cc(C(=O)COC(=O)C2(CC(=O)NC(C)(C)C)CCCC2)c(C)n1C1CC1. The summed E-state index contributed by atoms with van der Waals surface area (Å²) in [6.45, 7) is 9.45. The van der Waals surface area contributed by atoms with Crippen molar-refractivity contribution in [1.82, 2.24) is 9.88 Å². The van der Waals surface area contributed by atoms with Gasteiger partial charge in [0.05, 0.1) is 5.41 Å². The van der Waals surface area contributed by atoms with Crippen LogP contribution in [0.5, 0.6) is 0 Å². The Kier molecular flexibility index (Phi) is 5.93. The third-order valence-electron chi connectivity index (χ3n) is 6.04. The number of carbonyl (C=O) groups excluding carboxylic acids is 3. The predicted octanol–water partition coefficient (Wildman–Crippen LogP) is 4.03. The van der Waals surface area contributed by atoms with Crippen LogP contribution >= 0.6 is 0 Å². The number of nitrogens with zero attached hydrogens (tertiary/aromatic N) is 1. The standard InChI is InChI=1S/C23H34N2O4/c1-15-12-18(16(2)25(15)17-8-9-17)19(26)14-29-21(28)23(10-6-7-11-23)13-20(27)24-22(3,4)5/h12,17H,6-11,13-14H2,1-5H3,(H,24,27). The highest BCUT2D eigenvalue weighted by molar-refractivity contribution is 5.99. The summed E-state index contributed by atoms with van der Waals surface area (Å²) in [4.78, 5) is 38.1. The average Bonchev–Trinajstić information content (AvgIpc) is 3.24. The Morgan fingerprint density at radius 2 is 1.79 bits per heavy atom. The normalized spacial score (nSPS) is 18.5. The molecule has 0 spiro atoms. The highest BCUT2D eigenvalue weighted by Gasteiger charge is 2.45. The first kappa shape index (κ1) is 21.6. The largest absolute Gasteiger partial charge is 0.457 e. The van der Waals surface area contributed by atoms with E-state index in [0.717, 1.165) is 37.1 Å². The van der Waals surface area contributed by atoms with E-state index >= 15 is 0 Å². The predicted molar refractivity (Wildman–Crippen MR) is 111 cm³/mol. The summed E-state index contributed by atoms with van der Waals surface area (Å²) in [7, 11) is 0. The number of aryl methyl sites for hydroxylation is 1. The molecule has 3 rings (SSSR count). The molecule has 1 aromatic heterocycles. The Morgan fingerprint density at radius 1 is 1.17 bits per heavy atom. The highest BCUT2D eigenvalue weighted by atomic mass is 16.5. The summed E-state index contributed by atoms with van der Waals surface area (Å²) in [6.07, 6.45) is 5.48. The number of hydrogen-bond acceptors (Lipinski definition) is 4. The number of aromatic nitrogens is 1. The fraction of sp³-hybridized carbons (Fsp3) is 0.696. The zero-order valence-electron chi connectivity index (χ0n) is 18.4. The fourth-order valence-electron chi connectivity index (χ4n) is 4.59. The Bertz CT molecular complexity index is 806. The van der Waals surface area contributed by atoms with E-state index < -0.39 is 11.4 Å². The van der Waals surface area contributed by atoms with Gasteiger partial charge in [0.15, 0.2) is 6.61 Å². The van der Waals surface area contributed by atoms with Gasteiger partial charge in [0.1, 0.15) is 0 Å². The van der Waals surface area contributed by atoms with Crippen molar-refractivity contribution in [1.29, 1.82) is 0 Å². The highest BCUT2D eigenvalue weighted by Crippen LogP contribution is 2.42. The molecule has 0 unspecified atom stereocenters. The summed E-state index contributed by atoms with van der Waals surface area (Å²) in [5.41, 5.74) is 1.51. The number of nitrogens with one attached hydrogen (secondary N) is 1. The molecule has 160 valence electrons. The number of ether oxygens (including phenoxy) is 1. The molecular formula is C23H34N2O4. The van der Waals surface area contributed by atoms with Gasteiger partial charge in [-0.1, -0.05) is 12.8 Å². The molecule has 0 aromatic carbocycles. The van der Waals surface area contributed by atoms with Crippen LogP contribution in [0.4, 0.5) is 0 Å². The Labute approximate surface area is 173 Å². The van der Waals surface area contributed by atoms with Crippen LogP contribution in [0.3, 0.4) is 0 Å². The van der Waals surface area contributed by atoms with Crippen LogP contribution in [0.1, 0.15) is 93.5 Å². The number of esters is 1. The van der Waals surface area contributed by atoms with Crippen LogP contribution in [-0.2, 0) is 14.3 Å². The lowest BCUT2D eigenvalue weighted by molar-refractivity contribution is -0.157. The van der Waals surface area contributed by atoms with Gasteiger partial charge in [-0.05, 0) is 66.4 Å². The van der Waals surface area contributed by atoms with E-state index in [2.05, 4.69) is 9.88 Å². The molecule has 0 bridgehead atoms. The number of amides is 1. The second-order valence-electron chi connectivity index (χ2n) is 9.85. The van der Waals surface area contributed by atoms with Crippen molar-refractivity contribution in [2.45, 2.75) is 91.1 Å². The van der Waals surface area contributed by atoms with Gasteiger partial charge in [0.2, 0.25) is 11.7 Å². The first-order valence-corrected chi connectivity index (χ1v) is 10.7. The van der Waals surface area contributed by atoms with Crippen LogP contribution in [0.2, 0.25) is 0 Å². The van der Waals surface area contributed by atoms with Crippen LogP contribution < -0.4 is 5.32 Å². The number of Topliss-reactive ketones (excluding diaryl/α,β-unsaturated/α-hetero) is 1. The van der Waals surface area contributed by atoms with Crippen molar-refractivity contribution >= 4 is 17.7 Å². The number of carbonyl (C=O) groups is 3. The summed E-state index contributed by atoms with van der Waals surface area (Å²) >= 11 is 0. The molecule has 0 radical (unpaired) electrons. The summed E-state index contributed by atoms with van der Waals surface area (Å²) in [5, 5.41) is 2.93. The first-order valence-electron chi connectivity index (χ1n) is 10.7. The van der Waals surface area contributed by atoms with E-state index in [9.17, 15) is 14.4 Å². The molecule has 1 heterocycles. The van der Waals surface area contributed by atoms with Crippen LogP contribution in [-0.4, -0.2) is 34.4 Å². The Hall–Kier alpha value is -2.11. The maximum absolute atomic E-state index is 12.9. The lowest BCUT2D eigenvalue weighted by Gasteiger charge is -2.28. The zero-order valence-corrected chi connectivity index (χ0v) is 18.4. The van der Waals surface area contributed by atoms with Gasteiger partial charge in [-0.3, -0.25) is 14.4 Å². The van der Waals surface area contributed by atoms with Gasteiger partial charge in [-0.25, -0.2) is 0 Å². The summed E-state index contributed by atoms with van der Waals surface area (Å²) < 4.78 is 7.69. The van der Waals surface area contributed by atoms with Crippen molar-refractivity contribution in [3.63, 3.8) is 0 Å². The molecule has 6 heteroatoms. The van der Waals surface area contributed by atoms with E-state index in [1.165, 1.54) is 0 Å². The molecule has 1 amide bonds. The molecule has 2 fully saturated rings. The Morgan fingerprint density at radius 3 is 2.34 bits per heavy atom. The minimum atomic E-state index is -0.805. The van der Waals surface area contributed by atoms with Crippen molar-refractivity contribution in [2.75, 3.05) is 6.61 Å². The van der Waals surface area contributed by atoms with Gasteiger partial charge in [-0.2, -0.15) is 0 Å². The van der Waals surface area contributed by atoms with Crippen molar-refractivity contribution in [3.05, 3.63) is 23.0 Å². The topological polar surface area (TPSA) is 77.4 Å². The summed E-state index contributed by atoms with van der Waals surface area (Å²) in [5.74, 6) is -0.732. The van der Waals surface area contributed by atoms with E-state index in [0.29, 0.717) is 24.4 Å². The van der Waals surface area contributed by atoms with E-state index in [1.807, 2.05) is 40.7 Å². The molecule has 2 saturated carbocycles. The molecule has 0 aliphatic heterocycles. The molecule has 2 aliphatic rings. The van der Waals surface area contributed by atoms with E-state index in [4.69, 9.17) is 4.74 Å². The monoisotopic (exact) mass is 402 g/mol. The smallest absolute Gasteiger partial charge is 0.313 e. The maximum atomic E-state index is 12.9. The molecule has 1 aromatic rings. The van der Waals surface area contributed by atoms with E-state index in [-0.39, 0.29) is 30.3 Å².